The normalized spacial score (nSPS) is 28.3. The lowest BCUT2D eigenvalue weighted by Gasteiger charge is -2.53. The van der Waals surface area contributed by atoms with Crippen molar-refractivity contribution in [2.24, 2.45) is 0 Å². The van der Waals surface area contributed by atoms with E-state index < -0.39 is 17.2 Å². The molecule has 2 fully saturated rings. The molecule has 2 N–H and O–H groups in total. The van der Waals surface area contributed by atoms with E-state index in [0.717, 1.165) is 45.4 Å². The summed E-state index contributed by atoms with van der Waals surface area (Å²) >= 11 is 0. The highest BCUT2D eigenvalue weighted by atomic mass is 16.5. The molecule has 3 rings (SSSR count). The van der Waals surface area contributed by atoms with Crippen LogP contribution in [0.5, 0.6) is 0 Å². The molecule has 2 aliphatic rings. The van der Waals surface area contributed by atoms with E-state index in [1.165, 1.54) is 7.11 Å². The predicted octanol–water partition coefficient (Wildman–Crippen LogP) is 0.410. The molecule has 3 heterocycles. The molecule has 1 aromatic rings. The highest BCUT2D eigenvalue weighted by Gasteiger charge is 2.53. The second-order valence-corrected chi connectivity index (χ2v) is 7.93. The third-order valence-electron chi connectivity index (χ3n) is 5.94. The van der Waals surface area contributed by atoms with Crippen molar-refractivity contribution in [2.75, 3.05) is 40.0 Å². The summed E-state index contributed by atoms with van der Waals surface area (Å²) in [6.07, 6.45) is 6.23. The van der Waals surface area contributed by atoms with Crippen LogP contribution in [0.25, 0.3) is 0 Å². The van der Waals surface area contributed by atoms with E-state index in [9.17, 15) is 9.90 Å². The number of rotatable bonds is 7. The average molecular weight is 380 g/mol. The van der Waals surface area contributed by atoms with E-state index in [2.05, 4.69) is 15.3 Å². The molecule has 1 spiro atoms. The summed E-state index contributed by atoms with van der Waals surface area (Å²) in [6, 6.07) is 1.94. The molecule has 2 aliphatic heterocycles. The number of amides is 1. The van der Waals surface area contributed by atoms with Crippen molar-refractivity contribution >= 4 is 5.91 Å². The lowest BCUT2D eigenvalue weighted by molar-refractivity contribution is -0.208. The molecule has 1 aromatic heterocycles. The molecule has 0 bridgehead atoms. The molecule has 27 heavy (non-hydrogen) atoms. The number of likely N-dealkylation sites (tertiary alicyclic amines) is 1. The summed E-state index contributed by atoms with van der Waals surface area (Å²) in [5, 5.41) is 18.3. The van der Waals surface area contributed by atoms with Gasteiger partial charge in [-0.15, -0.1) is 0 Å². The summed E-state index contributed by atoms with van der Waals surface area (Å²) in [6.45, 7) is 6.15. The first-order valence-electron chi connectivity index (χ1n) is 9.79. The number of aryl methyl sites for hydroxylation is 1. The highest BCUT2D eigenvalue weighted by Crippen LogP contribution is 2.39. The van der Waals surface area contributed by atoms with E-state index in [1.807, 2.05) is 23.9 Å². The van der Waals surface area contributed by atoms with E-state index in [0.29, 0.717) is 13.0 Å². The van der Waals surface area contributed by atoms with Crippen LogP contribution in [0.15, 0.2) is 18.5 Å². The van der Waals surface area contributed by atoms with Crippen molar-refractivity contribution < 1.29 is 19.4 Å². The Kier molecular flexibility index (Phi) is 6.52. The monoisotopic (exact) mass is 380 g/mol. The molecular weight excluding hydrogens is 348 g/mol. The van der Waals surface area contributed by atoms with Gasteiger partial charge < -0.3 is 24.8 Å². The largest absolute Gasteiger partial charge is 0.388 e. The summed E-state index contributed by atoms with van der Waals surface area (Å²) in [4.78, 5) is 14.4. The standard InChI is InChI=1S/C19H32N4O4/c1-18(21-16(24)15-26-2)7-14-27-19(17(18)25)5-12-22(13-6-19)9-4-11-23-10-3-8-20-23/h3,8,10,17,25H,4-7,9,11-15H2,1-2H3,(H,21,24)/t17-,18+/m0/s1. The predicted molar refractivity (Wildman–Crippen MR) is 100 cm³/mol. The zero-order valence-corrected chi connectivity index (χ0v) is 16.4. The van der Waals surface area contributed by atoms with Gasteiger partial charge in [0.05, 0.1) is 11.1 Å². The number of nitrogens with one attached hydrogen (secondary N) is 1. The van der Waals surface area contributed by atoms with Crippen LogP contribution < -0.4 is 5.32 Å². The van der Waals surface area contributed by atoms with Crippen molar-refractivity contribution in [3.63, 3.8) is 0 Å². The van der Waals surface area contributed by atoms with Crippen LogP contribution in [0, 0.1) is 0 Å². The van der Waals surface area contributed by atoms with Crippen LogP contribution in [0.1, 0.15) is 32.6 Å². The lowest BCUT2D eigenvalue weighted by atomic mass is 9.73. The minimum Gasteiger partial charge on any atom is -0.388 e. The van der Waals surface area contributed by atoms with Crippen LogP contribution in [-0.4, -0.2) is 82.9 Å². The molecule has 1 amide bonds. The zero-order chi connectivity index (χ0) is 19.3. The maximum atomic E-state index is 12.0. The molecule has 0 aliphatic carbocycles. The molecule has 8 nitrogen and oxygen atoms in total. The van der Waals surface area contributed by atoms with E-state index >= 15 is 0 Å². The Balaban J connectivity index is 1.51. The number of aliphatic hydroxyl groups excluding tert-OH is 1. The SMILES string of the molecule is COCC(=O)N[C@]1(C)CCOC2(CCN(CCCn3cccn3)CC2)[C@H]1O. The number of hydrogen-bond donors (Lipinski definition) is 2. The van der Waals surface area contributed by atoms with Crippen LogP contribution in [0.2, 0.25) is 0 Å². The van der Waals surface area contributed by atoms with Crippen molar-refractivity contribution in [2.45, 2.75) is 56.4 Å². The third-order valence-corrected chi connectivity index (χ3v) is 5.94. The Morgan fingerprint density at radius 1 is 1.37 bits per heavy atom. The molecule has 0 saturated carbocycles. The molecule has 0 unspecified atom stereocenters. The smallest absolute Gasteiger partial charge is 0.246 e. The van der Waals surface area contributed by atoms with Gasteiger partial charge in [0.1, 0.15) is 12.7 Å². The third kappa shape index (κ3) is 4.68. The fraction of sp³-hybridized carbons (Fsp3) is 0.789. The number of carbonyl (C=O) groups is 1. The fourth-order valence-corrected chi connectivity index (χ4v) is 4.34. The number of piperidine rings is 1. The van der Waals surface area contributed by atoms with Crippen LogP contribution in [0.3, 0.4) is 0 Å². The molecule has 2 saturated heterocycles. The molecule has 8 heteroatoms. The number of carbonyl (C=O) groups excluding carboxylic acids is 1. The summed E-state index contributed by atoms with van der Waals surface area (Å²) in [5.74, 6) is -0.202. The van der Waals surface area contributed by atoms with Gasteiger partial charge in [0.25, 0.3) is 0 Å². The Morgan fingerprint density at radius 3 is 2.81 bits per heavy atom. The molecular formula is C19H32N4O4. The Bertz CT molecular complexity index is 601. The van der Waals surface area contributed by atoms with Crippen LogP contribution in [-0.2, 0) is 20.8 Å². The van der Waals surface area contributed by atoms with E-state index in [-0.39, 0.29) is 12.5 Å². The summed E-state index contributed by atoms with van der Waals surface area (Å²) in [7, 11) is 1.49. The van der Waals surface area contributed by atoms with Gasteiger partial charge in [-0.25, -0.2) is 0 Å². The minimum atomic E-state index is -0.731. The second kappa shape index (κ2) is 8.68. The van der Waals surface area contributed by atoms with Gasteiger partial charge in [-0.3, -0.25) is 9.48 Å². The van der Waals surface area contributed by atoms with E-state index in [1.54, 1.807) is 6.20 Å². The van der Waals surface area contributed by atoms with Crippen LogP contribution in [0.4, 0.5) is 0 Å². The first-order valence-corrected chi connectivity index (χ1v) is 9.79. The van der Waals surface area contributed by atoms with Crippen molar-refractivity contribution in [1.29, 1.82) is 0 Å². The molecule has 152 valence electrons. The fourth-order valence-electron chi connectivity index (χ4n) is 4.34. The van der Waals surface area contributed by atoms with Gasteiger partial charge in [0.2, 0.25) is 5.91 Å². The van der Waals surface area contributed by atoms with Gasteiger partial charge in [-0.2, -0.15) is 5.10 Å². The average Bonchev–Trinajstić information content (AvgIpc) is 3.15. The second-order valence-electron chi connectivity index (χ2n) is 7.93. The quantitative estimate of drug-likeness (QED) is 0.712. The minimum absolute atomic E-state index is 0.000195. The number of ether oxygens (including phenoxy) is 2. The maximum Gasteiger partial charge on any atom is 0.246 e. The van der Waals surface area contributed by atoms with Gasteiger partial charge in [0, 0.05) is 45.7 Å². The van der Waals surface area contributed by atoms with Crippen LogP contribution >= 0.6 is 0 Å². The highest BCUT2D eigenvalue weighted by molar-refractivity contribution is 5.78. The first kappa shape index (κ1) is 20.3. The summed E-state index contributed by atoms with van der Waals surface area (Å²) < 4.78 is 12.9. The van der Waals surface area contributed by atoms with Gasteiger partial charge in [0.15, 0.2) is 0 Å². The van der Waals surface area contributed by atoms with Crippen molar-refractivity contribution in [1.82, 2.24) is 20.0 Å². The zero-order valence-electron chi connectivity index (χ0n) is 16.4. The molecule has 2 atom stereocenters. The van der Waals surface area contributed by atoms with Gasteiger partial charge in [-0.05, 0) is 45.2 Å². The van der Waals surface area contributed by atoms with Crippen molar-refractivity contribution in [3.05, 3.63) is 18.5 Å². The number of aliphatic hydroxyl groups is 1. The topological polar surface area (TPSA) is 88.9 Å². The maximum absolute atomic E-state index is 12.0. The van der Waals surface area contributed by atoms with E-state index in [4.69, 9.17) is 9.47 Å². The Morgan fingerprint density at radius 2 is 2.15 bits per heavy atom. The number of methoxy groups -OCH3 is 1. The van der Waals surface area contributed by atoms with Crippen molar-refractivity contribution in [3.8, 4) is 0 Å². The molecule has 0 aromatic carbocycles. The number of aromatic nitrogens is 2. The Labute approximate surface area is 160 Å². The van der Waals surface area contributed by atoms with Gasteiger partial charge in [-0.1, -0.05) is 0 Å². The number of hydrogen-bond acceptors (Lipinski definition) is 6. The summed E-state index contributed by atoms with van der Waals surface area (Å²) in [5.41, 5.74) is -1.26. The Hall–Kier alpha value is -1.48. The van der Waals surface area contributed by atoms with Gasteiger partial charge >= 0.3 is 0 Å². The number of nitrogens with zero attached hydrogens (tertiary/aromatic N) is 3. The first-order chi connectivity index (χ1) is 13.0. The molecule has 0 radical (unpaired) electrons. The lowest BCUT2D eigenvalue weighted by Crippen LogP contribution is -2.69.